The third-order valence-electron chi connectivity index (χ3n) is 14.6. The number of amides is 6. The molecule has 0 bridgehead atoms. The molecule has 4 aliphatic heterocycles. The van der Waals surface area contributed by atoms with Crippen LogP contribution in [0.25, 0.3) is 0 Å². The van der Waals surface area contributed by atoms with Gasteiger partial charge in [-0.25, -0.2) is 19.2 Å². The number of carboxylic acids is 1. The number of thioether (sulfide) groups is 1. The van der Waals surface area contributed by atoms with Crippen LogP contribution in [0, 0.1) is 52.3 Å². The molecule has 3 fully saturated rings. The zero-order chi connectivity index (χ0) is 59.8. The van der Waals surface area contributed by atoms with Crippen molar-refractivity contribution in [3.05, 3.63) is 170 Å². The summed E-state index contributed by atoms with van der Waals surface area (Å²) in [5.41, 5.74) is 0.957. The van der Waals surface area contributed by atoms with Gasteiger partial charge in [-0.15, -0.1) is 11.8 Å². The summed E-state index contributed by atoms with van der Waals surface area (Å²) >= 11 is 1.06. The molecule has 0 radical (unpaired) electrons. The topological polar surface area (TPSA) is 377 Å². The fraction of sp³-hybridized carbons (Fsp3) is 0.377. The molecule has 1 unspecified atom stereocenters. The van der Waals surface area contributed by atoms with E-state index in [0.717, 1.165) is 21.6 Å². The third kappa shape index (κ3) is 14.1. The average molecular weight is 1170 g/mol. The standard InChI is InChI=1S/C53H54N10O19S/c1-30(54-43(64)26-56(2)52(70)81-28-33-7-16-38(17-8-33)62(76)77)44-45-41(20-11-31-3-12-36(13-4-31)60(72)73)47(46(50(67)68)59(45)49(44)66)83-40-23-42(58(25-40)53(71)82-29-34-9-18-39(19-10-34)63(78)79)48(65)57-22-21-35(24-57)55-51(69)80-27-32-5-14-37(15-6-32)61(74)75/h3-10,12-19,30,35,40-42,44-45H,11,20-29H2,1-2H3,(H,54,64)(H,55,69)(H,67,68)/t30-,35?,40+,41-,42+,44-,45-/m1/s1. The number of hydrogen-bond donors (Lipinski definition) is 3. The minimum atomic E-state index is -1.46. The number of alkyl carbamates (subject to hydrolysis) is 1. The number of hydrogen-bond acceptors (Lipinski definition) is 19. The van der Waals surface area contributed by atoms with Gasteiger partial charge in [0.05, 0.1) is 37.7 Å². The second-order valence-corrected chi connectivity index (χ2v) is 21.4. The van der Waals surface area contributed by atoms with Crippen molar-refractivity contribution in [2.75, 3.05) is 33.2 Å². The van der Waals surface area contributed by atoms with Crippen LogP contribution in [0.2, 0.25) is 0 Å². The molecule has 83 heavy (non-hydrogen) atoms. The van der Waals surface area contributed by atoms with E-state index in [9.17, 15) is 79.1 Å². The van der Waals surface area contributed by atoms with Crippen LogP contribution in [0.1, 0.15) is 48.4 Å². The van der Waals surface area contributed by atoms with Crippen molar-refractivity contribution in [1.29, 1.82) is 0 Å². The maximum absolute atomic E-state index is 14.6. The van der Waals surface area contributed by atoms with E-state index in [1.165, 1.54) is 102 Å². The largest absolute Gasteiger partial charge is 0.477 e. The smallest absolute Gasteiger partial charge is 0.410 e. The SMILES string of the molecule is C[C@@H](NC(=O)CN(C)C(=O)OCc1ccc([N+](=O)[O-])cc1)[C@H]1C(=O)N2C(C(=O)O)=C(S[C@H]3C[C@@H](C(=O)N4CCC(NC(=O)OCc5ccc([N+](=O)[O-])cc5)C4)N(C(=O)OCc4ccc([N+](=O)[O-])cc4)C3)[C@H](CCc3ccc([N+](=O)[O-])cc3)[C@H]12. The molecule has 0 aliphatic carbocycles. The minimum Gasteiger partial charge on any atom is -0.477 e. The van der Waals surface area contributed by atoms with Crippen molar-refractivity contribution < 1.29 is 72.6 Å². The fourth-order valence-electron chi connectivity index (χ4n) is 10.4. The molecule has 0 aromatic heterocycles. The van der Waals surface area contributed by atoms with Crippen molar-refractivity contribution in [3.63, 3.8) is 0 Å². The molecular weight excluding hydrogens is 1110 g/mol. The van der Waals surface area contributed by atoms with Gasteiger partial charge in [0.15, 0.2) is 0 Å². The zero-order valence-electron chi connectivity index (χ0n) is 44.3. The molecule has 4 aliphatic rings. The number of rotatable bonds is 22. The first-order chi connectivity index (χ1) is 39.6. The summed E-state index contributed by atoms with van der Waals surface area (Å²) in [7, 11) is 1.30. The van der Waals surface area contributed by atoms with Crippen molar-refractivity contribution in [3.8, 4) is 0 Å². The number of carbonyl (C=O) groups is 7. The summed E-state index contributed by atoms with van der Waals surface area (Å²) in [6.07, 6.45) is -1.99. The van der Waals surface area contributed by atoms with E-state index in [2.05, 4.69) is 10.6 Å². The number of carbonyl (C=O) groups excluding carboxylic acids is 6. The molecule has 29 nitrogen and oxygen atoms in total. The Kier molecular flexibility index (Phi) is 18.5. The molecule has 3 saturated heterocycles. The van der Waals surface area contributed by atoms with Crippen LogP contribution in [0.5, 0.6) is 0 Å². The van der Waals surface area contributed by atoms with Gasteiger partial charge in [-0.05, 0) is 91.3 Å². The van der Waals surface area contributed by atoms with Crippen LogP contribution in [0.3, 0.4) is 0 Å². The summed E-state index contributed by atoms with van der Waals surface area (Å²) < 4.78 is 16.3. The highest BCUT2D eigenvalue weighted by Crippen LogP contribution is 2.54. The lowest BCUT2D eigenvalue weighted by atomic mass is 9.75. The van der Waals surface area contributed by atoms with Gasteiger partial charge in [0, 0.05) is 97.3 Å². The number of likely N-dealkylation sites (tertiary alicyclic amines) is 2. The van der Waals surface area contributed by atoms with Crippen LogP contribution in [-0.4, -0.2) is 149 Å². The maximum atomic E-state index is 14.6. The van der Waals surface area contributed by atoms with E-state index in [1.807, 2.05) is 0 Å². The predicted molar refractivity (Wildman–Crippen MR) is 288 cm³/mol. The predicted octanol–water partition coefficient (Wildman–Crippen LogP) is 5.82. The normalized spacial score (nSPS) is 20.1. The molecule has 4 aromatic rings. The lowest BCUT2D eigenvalue weighted by Crippen LogP contribution is -2.66. The average Bonchev–Trinajstić information content (AvgIpc) is 4.34. The van der Waals surface area contributed by atoms with Crippen molar-refractivity contribution in [2.24, 2.45) is 11.8 Å². The van der Waals surface area contributed by atoms with Gasteiger partial charge in [0.2, 0.25) is 17.7 Å². The van der Waals surface area contributed by atoms with Gasteiger partial charge < -0.3 is 44.7 Å². The van der Waals surface area contributed by atoms with E-state index < -0.39 is 109 Å². The molecule has 30 heteroatoms. The highest BCUT2D eigenvalue weighted by Gasteiger charge is 2.62. The van der Waals surface area contributed by atoms with Crippen LogP contribution in [0.4, 0.5) is 37.1 Å². The quantitative estimate of drug-likeness (QED) is 0.0361. The van der Waals surface area contributed by atoms with Crippen LogP contribution >= 0.6 is 11.8 Å². The van der Waals surface area contributed by atoms with Gasteiger partial charge in [-0.1, -0.05) is 12.1 Å². The Morgan fingerprint density at radius 2 is 1.22 bits per heavy atom. The second kappa shape index (κ2) is 25.8. The minimum absolute atomic E-state index is 0.00397. The molecule has 4 heterocycles. The van der Waals surface area contributed by atoms with E-state index in [1.54, 1.807) is 19.1 Å². The molecule has 4 aromatic carbocycles. The molecule has 0 saturated carbocycles. The number of aliphatic carboxylic acids is 1. The van der Waals surface area contributed by atoms with Gasteiger partial charge in [-0.2, -0.15) is 0 Å². The number of ether oxygens (including phenoxy) is 3. The number of non-ortho nitro benzene ring substituents is 4. The van der Waals surface area contributed by atoms with Crippen LogP contribution in [-0.2, 0) is 59.6 Å². The third-order valence-corrected chi connectivity index (χ3v) is 16.0. The Hall–Kier alpha value is -9.74. The summed E-state index contributed by atoms with van der Waals surface area (Å²) in [5.74, 6) is -5.06. The number of β-lactam (4-membered cyclic amide) rings is 1. The molecule has 6 amide bonds. The van der Waals surface area contributed by atoms with Gasteiger partial charge in [-0.3, -0.25) is 59.7 Å². The maximum Gasteiger partial charge on any atom is 0.410 e. The molecule has 3 N–H and O–H groups in total. The number of nitrogens with zero attached hydrogens (tertiary/aromatic N) is 8. The van der Waals surface area contributed by atoms with Crippen molar-refractivity contribution in [1.82, 2.24) is 30.2 Å². The summed E-state index contributed by atoms with van der Waals surface area (Å²) in [4.78, 5) is 143. The number of likely N-dealkylation sites (N-methyl/N-ethyl adjacent to an activating group) is 1. The van der Waals surface area contributed by atoms with Crippen LogP contribution in [0.15, 0.2) is 108 Å². The first kappa shape index (κ1) is 59.4. The lowest BCUT2D eigenvalue weighted by molar-refractivity contribution is -0.385. The summed E-state index contributed by atoms with van der Waals surface area (Å²) in [5, 5.41) is 60.5. The zero-order valence-corrected chi connectivity index (χ0v) is 45.2. The summed E-state index contributed by atoms with van der Waals surface area (Å²) in [6, 6.07) is 18.1. The first-order valence-electron chi connectivity index (χ1n) is 25.8. The Morgan fingerprint density at radius 1 is 0.723 bits per heavy atom. The number of nitro groups is 4. The molecule has 0 spiro atoms. The number of nitrogens with one attached hydrogen (secondary N) is 2. The highest BCUT2D eigenvalue weighted by molar-refractivity contribution is 8.03. The van der Waals surface area contributed by atoms with Gasteiger partial charge >= 0.3 is 24.2 Å². The monoisotopic (exact) mass is 1170 g/mol. The van der Waals surface area contributed by atoms with E-state index in [4.69, 9.17) is 14.2 Å². The number of aryl methyl sites for hydroxylation is 1. The van der Waals surface area contributed by atoms with Gasteiger partial charge in [0.1, 0.15) is 38.1 Å². The Bertz CT molecular complexity index is 3240. The summed E-state index contributed by atoms with van der Waals surface area (Å²) in [6.45, 7) is 0.202. The Labute approximate surface area is 475 Å². The molecule has 8 rings (SSSR count). The number of benzene rings is 4. The molecule has 436 valence electrons. The lowest BCUT2D eigenvalue weighted by Gasteiger charge is -2.48. The van der Waals surface area contributed by atoms with E-state index >= 15 is 0 Å². The number of carboxylic acid groups (broad SMARTS) is 1. The first-order valence-corrected chi connectivity index (χ1v) is 26.7. The Balaban J connectivity index is 0.987. The molecular formula is C53H54N10O19S. The Morgan fingerprint density at radius 3 is 1.72 bits per heavy atom. The second-order valence-electron chi connectivity index (χ2n) is 20.0. The van der Waals surface area contributed by atoms with Crippen molar-refractivity contribution >= 4 is 76.5 Å². The number of fused-ring (bicyclic) bond motifs is 1. The van der Waals surface area contributed by atoms with E-state index in [0.29, 0.717) is 28.7 Å². The van der Waals surface area contributed by atoms with Crippen LogP contribution < -0.4 is 10.6 Å². The number of nitro benzene ring substituents is 4. The van der Waals surface area contributed by atoms with E-state index in [-0.39, 0.29) is 92.1 Å². The fourth-order valence-corrected chi connectivity index (χ4v) is 12.0. The highest BCUT2D eigenvalue weighted by atomic mass is 32.2. The van der Waals surface area contributed by atoms with Gasteiger partial charge in [0.25, 0.3) is 22.7 Å². The molecule has 7 atom stereocenters. The van der Waals surface area contributed by atoms with Crippen molar-refractivity contribution in [2.45, 2.75) is 81.8 Å².